The summed E-state index contributed by atoms with van der Waals surface area (Å²) in [6.07, 6.45) is 3.16. The van der Waals surface area contributed by atoms with Crippen LogP contribution in [0.1, 0.15) is 46.0 Å². The van der Waals surface area contributed by atoms with E-state index in [1.165, 1.54) is 0 Å². The summed E-state index contributed by atoms with van der Waals surface area (Å²) in [6, 6.07) is -1.13. The van der Waals surface area contributed by atoms with Gasteiger partial charge in [0.15, 0.2) is 0 Å². The molecular formula is C20H32F2N2O4. The van der Waals surface area contributed by atoms with Crippen LogP contribution in [0.15, 0.2) is 0 Å². The Balaban J connectivity index is 1.59. The third-order valence-electron chi connectivity index (χ3n) is 6.40. The maximum Gasteiger partial charge on any atom is 0.323 e. The second-order valence-electron chi connectivity index (χ2n) is 8.41. The number of likely N-dealkylation sites (tertiary alicyclic amines) is 1. The van der Waals surface area contributed by atoms with E-state index in [0.29, 0.717) is 25.0 Å². The number of halogens is 2. The van der Waals surface area contributed by atoms with Gasteiger partial charge in [-0.05, 0) is 63.8 Å². The minimum atomic E-state index is -2.85. The van der Waals surface area contributed by atoms with E-state index in [1.54, 1.807) is 18.7 Å². The van der Waals surface area contributed by atoms with E-state index in [0.717, 1.165) is 32.2 Å². The number of piperidine rings is 1. The predicted molar refractivity (Wildman–Crippen MR) is 98.9 cm³/mol. The van der Waals surface area contributed by atoms with E-state index in [-0.39, 0.29) is 31.1 Å². The van der Waals surface area contributed by atoms with Crippen molar-refractivity contribution in [2.45, 2.75) is 64.0 Å². The minimum absolute atomic E-state index is 0.199. The van der Waals surface area contributed by atoms with Crippen molar-refractivity contribution in [3.8, 4) is 0 Å². The number of nitrogens with one attached hydrogen (secondary N) is 1. The molecule has 5 atom stereocenters. The molecule has 28 heavy (non-hydrogen) atoms. The summed E-state index contributed by atoms with van der Waals surface area (Å²) in [6.45, 7) is 4.96. The Kier molecular flexibility index (Phi) is 6.91. The van der Waals surface area contributed by atoms with Crippen LogP contribution < -0.4 is 5.32 Å². The van der Waals surface area contributed by atoms with Gasteiger partial charge >= 0.3 is 11.9 Å². The molecule has 0 amide bonds. The van der Waals surface area contributed by atoms with Crippen molar-refractivity contribution in [1.29, 1.82) is 0 Å². The van der Waals surface area contributed by atoms with Gasteiger partial charge in [0.25, 0.3) is 5.92 Å². The number of hydrogen-bond acceptors (Lipinski definition) is 6. The molecular weight excluding hydrogens is 370 g/mol. The van der Waals surface area contributed by atoms with Crippen LogP contribution in [-0.4, -0.2) is 67.7 Å². The number of nitrogens with zero attached hydrogens (tertiary/aromatic N) is 1. The van der Waals surface area contributed by atoms with E-state index < -0.39 is 24.4 Å². The molecule has 4 unspecified atom stereocenters. The molecule has 3 rings (SSSR count). The van der Waals surface area contributed by atoms with Gasteiger partial charge in [-0.15, -0.1) is 0 Å². The van der Waals surface area contributed by atoms with Crippen LogP contribution in [0, 0.1) is 17.8 Å². The van der Waals surface area contributed by atoms with Gasteiger partial charge in [-0.2, -0.15) is 0 Å². The smallest absolute Gasteiger partial charge is 0.323 e. The molecule has 0 spiro atoms. The molecule has 2 saturated heterocycles. The fourth-order valence-corrected chi connectivity index (χ4v) is 5.13. The summed E-state index contributed by atoms with van der Waals surface area (Å²) in [5.74, 6) is -2.44. The number of hydrogen-bond donors (Lipinski definition) is 1. The van der Waals surface area contributed by atoms with Crippen molar-refractivity contribution >= 4 is 11.9 Å². The lowest BCUT2D eigenvalue weighted by Gasteiger charge is -2.43. The first-order valence-corrected chi connectivity index (χ1v) is 10.5. The number of ether oxygens (including phenoxy) is 2. The van der Waals surface area contributed by atoms with E-state index in [1.807, 2.05) is 0 Å². The summed E-state index contributed by atoms with van der Waals surface area (Å²) in [5.41, 5.74) is 0. The van der Waals surface area contributed by atoms with Crippen LogP contribution in [0.5, 0.6) is 0 Å². The second kappa shape index (κ2) is 9.03. The van der Waals surface area contributed by atoms with Gasteiger partial charge in [0.2, 0.25) is 0 Å². The first-order valence-electron chi connectivity index (χ1n) is 10.5. The maximum absolute atomic E-state index is 14.0. The molecule has 3 fully saturated rings. The van der Waals surface area contributed by atoms with Crippen LogP contribution in [0.25, 0.3) is 0 Å². The second-order valence-corrected chi connectivity index (χ2v) is 8.41. The SMILES string of the molecule is CCOC(=O)C1CC2CC(CN3CC(F)(F)C[C@H]3C(=O)OCC)CCC2CN1. The average Bonchev–Trinajstić information content (AvgIpc) is 2.96. The largest absolute Gasteiger partial charge is 0.465 e. The minimum Gasteiger partial charge on any atom is -0.465 e. The number of carbonyl (C=O) groups is 2. The Hall–Kier alpha value is -1.28. The molecule has 8 heteroatoms. The Morgan fingerprint density at radius 1 is 1.07 bits per heavy atom. The zero-order chi connectivity index (χ0) is 20.3. The highest BCUT2D eigenvalue weighted by Crippen LogP contribution is 2.41. The normalized spacial score (nSPS) is 35.2. The highest BCUT2D eigenvalue weighted by Gasteiger charge is 2.49. The third kappa shape index (κ3) is 5.00. The lowest BCUT2D eigenvalue weighted by atomic mass is 9.69. The molecule has 0 aromatic rings. The van der Waals surface area contributed by atoms with Gasteiger partial charge in [0.1, 0.15) is 12.1 Å². The molecule has 3 aliphatic rings. The molecule has 0 radical (unpaired) electrons. The number of fused-ring (bicyclic) bond motifs is 1. The van der Waals surface area contributed by atoms with Crippen molar-refractivity contribution < 1.29 is 27.8 Å². The maximum atomic E-state index is 14.0. The Bertz CT molecular complexity index is 574. The van der Waals surface area contributed by atoms with Crippen LogP contribution in [0.3, 0.4) is 0 Å². The Morgan fingerprint density at radius 2 is 1.79 bits per heavy atom. The molecule has 0 aromatic heterocycles. The Labute approximate surface area is 165 Å². The van der Waals surface area contributed by atoms with Crippen LogP contribution in [-0.2, 0) is 19.1 Å². The first-order chi connectivity index (χ1) is 13.3. The summed E-state index contributed by atoms with van der Waals surface area (Å²) < 4.78 is 38.1. The van der Waals surface area contributed by atoms with E-state index in [4.69, 9.17) is 9.47 Å². The van der Waals surface area contributed by atoms with Gasteiger partial charge < -0.3 is 14.8 Å². The summed E-state index contributed by atoms with van der Waals surface area (Å²) in [7, 11) is 0. The quantitative estimate of drug-likeness (QED) is 0.687. The topological polar surface area (TPSA) is 67.9 Å². The fraction of sp³-hybridized carbons (Fsp3) is 0.900. The Morgan fingerprint density at radius 3 is 2.50 bits per heavy atom. The molecule has 160 valence electrons. The van der Waals surface area contributed by atoms with Crippen LogP contribution >= 0.6 is 0 Å². The van der Waals surface area contributed by atoms with Crippen molar-refractivity contribution in [1.82, 2.24) is 10.2 Å². The van der Waals surface area contributed by atoms with Gasteiger partial charge in [0, 0.05) is 13.0 Å². The lowest BCUT2D eigenvalue weighted by Crippen LogP contribution is -2.51. The number of carbonyl (C=O) groups excluding carboxylic acids is 2. The monoisotopic (exact) mass is 402 g/mol. The van der Waals surface area contributed by atoms with Crippen LogP contribution in [0.2, 0.25) is 0 Å². The van der Waals surface area contributed by atoms with Crippen molar-refractivity contribution in [3.05, 3.63) is 0 Å². The van der Waals surface area contributed by atoms with Crippen molar-refractivity contribution in [2.24, 2.45) is 17.8 Å². The summed E-state index contributed by atoms with van der Waals surface area (Å²) in [5, 5.41) is 3.29. The van der Waals surface area contributed by atoms with Gasteiger partial charge in [-0.25, -0.2) is 8.78 Å². The number of alkyl halides is 2. The lowest BCUT2D eigenvalue weighted by molar-refractivity contribution is -0.149. The summed E-state index contributed by atoms with van der Waals surface area (Å²) in [4.78, 5) is 25.8. The molecule has 6 nitrogen and oxygen atoms in total. The van der Waals surface area contributed by atoms with Crippen molar-refractivity contribution in [2.75, 3.05) is 32.8 Å². The highest BCUT2D eigenvalue weighted by molar-refractivity contribution is 5.76. The number of rotatable bonds is 6. The standard InChI is InChI=1S/C20H32F2N2O4/c1-3-27-18(25)16-8-15-7-13(5-6-14(15)10-23-16)11-24-12-20(21,22)9-17(24)19(26)28-4-2/h13-17,23H,3-12H2,1-2H3/t13?,14?,15?,16?,17-/m0/s1. The summed E-state index contributed by atoms with van der Waals surface area (Å²) >= 11 is 0. The molecule has 0 aromatic carbocycles. The van der Waals surface area contributed by atoms with E-state index >= 15 is 0 Å². The zero-order valence-corrected chi connectivity index (χ0v) is 16.8. The molecule has 2 heterocycles. The van der Waals surface area contributed by atoms with Crippen molar-refractivity contribution in [3.63, 3.8) is 0 Å². The molecule has 1 saturated carbocycles. The van der Waals surface area contributed by atoms with Gasteiger partial charge in [-0.3, -0.25) is 14.5 Å². The first kappa shape index (κ1) is 21.4. The molecule has 2 aliphatic heterocycles. The zero-order valence-electron chi connectivity index (χ0n) is 16.8. The highest BCUT2D eigenvalue weighted by atomic mass is 19.3. The fourth-order valence-electron chi connectivity index (χ4n) is 5.13. The predicted octanol–water partition coefficient (Wildman–Crippen LogP) is 2.22. The molecule has 1 N–H and O–H groups in total. The number of esters is 2. The molecule has 0 bridgehead atoms. The van der Waals surface area contributed by atoms with E-state index in [2.05, 4.69) is 5.32 Å². The average molecular weight is 402 g/mol. The third-order valence-corrected chi connectivity index (χ3v) is 6.40. The van der Waals surface area contributed by atoms with Gasteiger partial charge in [-0.1, -0.05) is 0 Å². The van der Waals surface area contributed by atoms with Gasteiger partial charge in [0.05, 0.1) is 19.8 Å². The van der Waals surface area contributed by atoms with E-state index in [9.17, 15) is 18.4 Å². The molecule has 1 aliphatic carbocycles. The van der Waals surface area contributed by atoms with Crippen LogP contribution in [0.4, 0.5) is 8.78 Å².